The van der Waals surface area contributed by atoms with Crippen molar-refractivity contribution in [2.45, 2.75) is 39.7 Å². The molecule has 0 unspecified atom stereocenters. The fraction of sp³-hybridized carbons (Fsp3) is 0.600. The van der Waals surface area contributed by atoms with E-state index in [9.17, 15) is 9.59 Å². The molecular formula is C25H38BrNO8. The smallest absolute Gasteiger partial charge is 0.225 e. The molecule has 1 amide bonds. The van der Waals surface area contributed by atoms with E-state index in [4.69, 9.17) is 28.4 Å². The molecule has 0 spiro atoms. The Bertz CT molecular complexity index is 817. The third-order valence-corrected chi connectivity index (χ3v) is 5.32. The summed E-state index contributed by atoms with van der Waals surface area (Å²) in [7, 11) is 4.58. The average Bonchev–Trinajstić information content (AvgIpc) is 2.82. The maximum atomic E-state index is 12.4. The molecule has 0 aromatic heterocycles. The molecule has 10 heteroatoms. The lowest BCUT2D eigenvalue weighted by molar-refractivity contribution is -0.115. The van der Waals surface area contributed by atoms with Crippen molar-refractivity contribution >= 4 is 33.8 Å². The molecular weight excluding hydrogens is 522 g/mol. The van der Waals surface area contributed by atoms with E-state index >= 15 is 0 Å². The van der Waals surface area contributed by atoms with Crippen LogP contribution in [-0.4, -0.2) is 59.2 Å². The van der Waals surface area contributed by atoms with Gasteiger partial charge in [0.2, 0.25) is 5.91 Å². The number of hydrogen-bond donors (Lipinski definition) is 1. The quantitative estimate of drug-likeness (QED) is 0.118. The largest absolute Gasteiger partial charge is 0.467 e. The van der Waals surface area contributed by atoms with Gasteiger partial charge in [-0.15, -0.1) is 0 Å². The molecule has 0 aliphatic rings. The molecule has 0 bridgehead atoms. The van der Waals surface area contributed by atoms with Gasteiger partial charge >= 0.3 is 0 Å². The summed E-state index contributed by atoms with van der Waals surface area (Å²) < 4.78 is 33.1. The summed E-state index contributed by atoms with van der Waals surface area (Å²) in [6.07, 6.45) is 3.39. The van der Waals surface area contributed by atoms with Gasteiger partial charge in [-0.1, -0.05) is 41.4 Å². The standard InChI is InChI=1S/C25H38BrNO8/c1-17(9-18(2)13-28)10-19(3)24(34-15-31-5)21-11-20(33-14-30-4)12-22(25(21)35-16-32-6)27-23(29)7-8-26/h10-13,18-19,24H,7-9,14-16H2,1-6H3,(H,27,29)/b17-10-/t18-,19+,24-/m1/s1. The number of nitrogens with one attached hydrogen (secondary N) is 1. The van der Waals surface area contributed by atoms with Crippen LogP contribution in [0.2, 0.25) is 0 Å². The summed E-state index contributed by atoms with van der Waals surface area (Å²) in [4.78, 5) is 23.6. The second-order valence-corrected chi connectivity index (χ2v) is 8.95. The summed E-state index contributed by atoms with van der Waals surface area (Å²) in [6, 6.07) is 3.46. The first-order chi connectivity index (χ1) is 16.8. The predicted molar refractivity (Wildman–Crippen MR) is 137 cm³/mol. The van der Waals surface area contributed by atoms with Crippen molar-refractivity contribution in [1.82, 2.24) is 0 Å². The monoisotopic (exact) mass is 559 g/mol. The lowest BCUT2D eigenvalue weighted by Crippen LogP contribution is -2.19. The Balaban J connectivity index is 3.60. The number of benzene rings is 1. The van der Waals surface area contributed by atoms with Gasteiger partial charge in [0.1, 0.15) is 18.8 Å². The fourth-order valence-electron chi connectivity index (χ4n) is 3.54. The highest BCUT2D eigenvalue weighted by Gasteiger charge is 2.27. The first-order valence-electron chi connectivity index (χ1n) is 11.3. The van der Waals surface area contributed by atoms with Crippen molar-refractivity contribution in [1.29, 1.82) is 0 Å². The van der Waals surface area contributed by atoms with Gasteiger partial charge in [0.25, 0.3) is 0 Å². The van der Waals surface area contributed by atoms with Crippen LogP contribution in [-0.2, 0) is 28.5 Å². The van der Waals surface area contributed by atoms with Crippen molar-refractivity contribution in [2.75, 3.05) is 52.4 Å². The highest BCUT2D eigenvalue weighted by molar-refractivity contribution is 9.09. The van der Waals surface area contributed by atoms with Crippen LogP contribution in [0.4, 0.5) is 5.69 Å². The summed E-state index contributed by atoms with van der Waals surface area (Å²) in [5, 5.41) is 3.40. The van der Waals surface area contributed by atoms with Crippen LogP contribution in [0.1, 0.15) is 45.3 Å². The van der Waals surface area contributed by atoms with Crippen LogP contribution in [0.25, 0.3) is 0 Å². The number of allylic oxidation sites excluding steroid dienone is 1. The molecule has 1 N–H and O–H groups in total. The molecule has 0 radical (unpaired) electrons. The van der Waals surface area contributed by atoms with Gasteiger partial charge in [-0.3, -0.25) is 4.79 Å². The number of rotatable bonds is 18. The molecule has 0 aliphatic heterocycles. The Labute approximate surface area is 216 Å². The number of methoxy groups -OCH3 is 3. The van der Waals surface area contributed by atoms with Crippen LogP contribution in [0.3, 0.4) is 0 Å². The lowest BCUT2D eigenvalue weighted by Gasteiger charge is -2.27. The van der Waals surface area contributed by atoms with Gasteiger partial charge in [-0.25, -0.2) is 0 Å². The highest BCUT2D eigenvalue weighted by Crippen LogP contribution is 2.42. The van der Waals surface area contributed by atoms with Crippen LogP contribution in [0, 0.1) is 11.8 Å². The van der Waals surface area contributed by atoms with Gasteiger partial charge in [0.15, 0.2) is 19.3 Å². The number of ether oxygens (including phenoxy) is 6. The maximum absolute atomic E-state index is 12.4. The van der Waals surface area contributed by atoms with Crippen molar-refractivity contribution in [3.63, 3.8) is 0 Å². The summed E-state index contributed by atoms with van der Waals surface area (Å²) in [5.41, 5.74) is 2.12. The third kappa shape index (κ3) is 11.1. The molecule has 1 aromatic carbocycles. The zero-order valence-corrected chi connectivity index (χ0v) is 23.0. The van der Waals surface area contributed by atoms with E-state index in [1.807, 2.05) is 20.8 Å². The number of alkyl halides is 1. The molecule has 0 fully saturated rings. The fourth-order valence-corrected chi connectivity index (χ4v) is 3.90. The summed E-state index contributed by atoms with van der Waals surface area (Å²) in [5.74, 6) is 0.450. The van der Waals surface area contributed by atoms with Crippen molar-refractivity contribution in [2.24, 2.45) is 11.8 Å². The molecule has 1 rings (SSSR count). The minimum atomic E-state index is -0.527. The summed E-state index contributed by atoms with van der Waals surface area (Å²) >= 11 is 3.29. The Morgan fingerprint density at radius 1 is 1.06 bits per heavy atom. The van der Waals surface area contributed by atoms with Crippen LogP contribution >= 0.6 is 15.9 Å². The second-order valence-electron chi connectivity index (χ2n) is 8.16. The van der Waals surface area contributed by atoms with E-state index < -0.39 is 6.10 Å². The van der Waals surface area contributed by atoms with Gasteiger partial charge in [0.05, 0.1) is 11.8 Å². The van der Waals surface area contributed by atoms with E-state index in [0.717, 1.165) is 11.9 Å². The number of anilines is 1. The zero-order chi connectivity index (χ0) is 26.2. The van der Waals surface area contributed by atoms with Crippen LogP contribution in [0.5, 0.6) is 11.5 Å². The maximum Gasteiger partial charge on any atom is 0.225 e. The number of amides is 1. The molecule has 3 atom stereocenters. The van der Waals surface area contributed by atoms with Gasteiger partial charge in [-0.2, -0.15) is 0 Å². The van der Waals surface area contributed by atoms with E-state index in [-0.39, 0.29) is 44.5 Å². The molecule has 0 aliphatic carbocycles. The lowest BCUT2D eigenvalue weighted by atomic mass is 9.92. The van der Waals surface area contributed by atoms with Gasteiger partial charge in [-0.05, 0) is 19.4 Å². The topological polar surface area (TPSA) is 102 Å². The molecule has 9 nitrogen and oxygen atoms in total. The average molecular weight is 560 g/mol. The van der Waals surface area contributed by atoms with Crippen molar-refractivity contribution in [3.05, 3.63) is 29.3 Å². The molecule has 198 valence electrons. The number of aldehydes is 1. The minimum Gasteiger partial charge on any atom is -0.467 e. The Morgan fingerprint density at radius 2 is 1.71 bits per heavy atom. The Kier molecular flexibility index (Phi) is 15.5. The molecule has 35 heavy (non-hydrogen) atoms. The van der Waals surface area contributed by atoms with Crippen molar-refractivity contribution < 1.29 is 38.0 Å². The first-order valence-corrected chi connectivity index (χ1v) is 12.4. The number of halogens is 1. The molecule has 0 saturated carbocycles. The normalized spacial score (nSPS) is 14.2. The zero-order valence-electron chi connectivity index (χ0n) is 21.4. The van der Waals surface area contributed by atoms with Crippen LogP contribution < -0.4 is 14.8 Å². The minimum absolute atomic E-state index is 0.0221. The molecule has 0 heterocycles. The second kappa shape index (κ2) is 17.4. The highest BCUT2D eigenvalue weighted by atomic mass is 79.9. The third-order valence-electron chi connectivity index (χ3n) is 4.92. The van der Waals surface area contributed by atoms with Crippen molar-refractivity contribution in [3.8, 4) is 11.5 Å². The Hall–Kier alpha value is -1.98. The van der Waals surface area contributed by atoms with Crippen LogP contribution in [0.15, 0.2) is 23.8 Å². The van der Waals surface area contributed by atoms with E-state index in [1.54, 1.807) is 19.2 Å². The number of carbonyl (C=O) groups is 2. The summed E-state index contributed by atoms with van der Waals surface area (Å²) in [6.45, 7) is 5.88. The van der Waals surface area contributed by atoms with E-state index in [2.05, 4.69) is 27.3 Å². The van der Waals surface area contributed by atoms with Gasteiger partial charge in [0, 0.05) is 56.5 Å². The van der Waals surface area contributed by atoms with Gasteiger partial charge < -0.3 is 38.5 Å². The van der Waals surface area contributed by atoms with E-state index in [1.165, 1.54) is 14.2 Å². The van der Waals surface area contributed by atoms with E-state index in [0.29, 0.717) is 34.5 Å². The number of hydrogen-bond acceptors (Lipinski definition) is 8. The predicted octanol–water partition coefficient (Wildman–Crippen LogP) is 4.84. The SMILES string of the molecule is COCOc1cc(NC(=O)CCBr)c(OCOC)c([C@H](OCOC)[C@@H](C)/C=C(/C)C[C@@H](C)C=O)c1. The molecule has 1 aromatic rings. The Morgan fingerprint density at radius 3 is 2.31 bits per heavy atom. The molecule has 0 saturated heterocycles. The first kappa shape index (κ1) is 31.1. The number of carbonyl (C=O) groups excluding carboxylic acids is 2.